The standard InChI is InChI=1S/C23H19N9O5/c1-37-20-12-11-19(32(35)36)13-15(20)14-24-30-23-28-21(25-16-5-3-2-4-6-16)27-22(29-23)26-17-7-9-18(10-8-17)31(33)34/h2-14H,1H3,(H3,25,26,27,28,29,30)/b24-14+. The molecule has 0 amide bonds. The van der Waals surface area contributed by atoms with Crippen molar-refractivity contribution in [1.29, 1.82) is 0 Å². The normalized spacial score (nSPS) is 10.6. The van der Waals surface area contributed by atoms with E-state index in [1.165, 1.54) is 55.8 Å². The maximum Gasteiger partial charge on any atom is 0.270 e. The molecule has 0 saturated heterocycles. The Kier molecular flexibility index (Phi) is 7.39. The van der Waals surface area contributed by atoms with Crippen LogP contribution in [0.2, 0.25) is 0 Å². The number of nitrogens with one attached hydrogen (secondary N) is 3. The Bertz CT molecular complexity index is 1450. The topological polar surface area (TPSA) is 183 Å². The monoisotopic (exact) mass is 501 g/mol. The fourth-order valence-electron chi connectivity index (χ4n) is 3.08. The minimum Gasteiger partial charge on any atom is -0.496 e. The van der Waals surface area contributed by atoms with Crippen LogP contribution in [0.5, 0.6) is 5.75 Å². The summed E-state index contributed by atoms with van der Waals surface area (Å²) in [5.41, 5.74) is 4.11. The zero-order valence-electron chi connectivity index (χ0n) is 19.2. The van der Waals surface area contributed by atoms with Crippen molar-refractivity contribution >= 4 is 46.8 Å². The van der Waals surface area contributed by atoms with E-state index in [9.17, 15) is 20.2 Å². The van der Waals surface area contributed by atoms with Crippen LogP contribution < -0.4 is 20.8 Å². The Morgan fingerprint density at radius 1 is 0.784 bits per heavy atom. The van der Waals surface area contributed by atoms with Crippen molar-refractivity contribution in [2.45, 2.75) is 0 Å². The Morgan fingerprint density at radius 2 is 1.35 bits per heavy atom. The summed E-state index contributed by atoms with van der Waals surface area (Å²) in [5.74, 6) is 0.765. The zero-order chi connectivity index (χ0) is 26.2. The van der Waals surface area contributed by atoms with Crippen molar-refractivity contribution in [2.75, 3.05) is 23.2 Å². The van der Waals surface area contributed by atoms with Gasteiger partial charge in [-0.3, -0.25) is 20.2 Å². The van der Waals surface area contributed by atoms with E-state index in [2.05, 4.69) is 36.1 Å². The van der Waals surface area contributed by atoms with Crippen molar-refractivity contribution in [2.24, 2.45) is 5.10 Å². The summed E-state index contributed by atoms with van der Waals surface area (Å²) in [5, 5.41) is 32.1. The van der Waals surface area contributed by atoms with Crippen molar-refractivity contribution in [3.05, 3.63) is 98.6 Å². The quantitative estimate of drug-likeness (QED) is 0.156. The van der Waals surface area contributed by atoms with Gasteiger partial charge in [0.15, 0.2) is 0 Å². The largest absolute Gasteiger partial charge is 0.496 e. The van der Waals surface area contributed by atoms with Gasteiger partial charge in [-0.2, -0.15) is 20.1 Å². The minimum absolute atomic E-state index is 0.0542. The number of nitro groups is 2. The Morgan fingerprint density at radius 3 is 1.95 bits per heavy atom. The number of methoxy groups -OCH3 is 1. The predicted octanol–water partition coefficient (Wildman–Crippen LogP) is 4.63. The van der Waals surface area contributed by atoms with Crippen molar-refractivity contribution < 1.29 is 14.6 Å². The summed E-state index contributed by atoms with van der Waals surface area (Å²) < 4.78 is 5.23. The molecule has 3 N–H and O–H groups in total. The number of anilines is 5. The molecule has 0 spiro atoms. The van der Waals surface area contributed by atoms with Gasteiger partial charge < -0.3 is 15.4 Å². The van der Waals surface area contributed by atoms with Crippen molar-refractivity contribution in [1.82, 2.24) is 15.0 Å². The number of hydrogen-bond donors (Lipinski definition) is 3. The molecular formula is C23H19N9O5. The summed E-state index contributed by atoms with van der Waals surface area (Å²) >= 11 is 0. The fraction of sp³-hybridized carbons (Fsp3) is 0.0435. The first-order valence-corrected chi connectivity index (χ1v) is 10.6. The first-order chi connectivity index (χ1) is 17.9. The van der Waals surface area contributed by atoms with E-state index < -0.39 is 9.85 Å². The molecule has 0 fully saturated rings. The smallest absolute Gasteiger partial charge is 0.270 e. The first-order valence-electron chi connectivity index (χ1n) is 10.6. The number of nitrogens with zero attached hydrogens (tertiary/aromatic N) is 6. The van der Waals surface area contributed by atoms with Gasteiger partial charge in [-0.1, -0.05) is 18.2 Å². The molecule has 14 heteroatoms. The second-order valence-corrected chi connectivity index (χ2v) is 7.28. The molecule has 0 bridgehead atoms. The van der Waals surface area contributed by atoms with E-state index in [4.69, 9.17) is 4.74 Å². The number of para-hydroxylation sites is 1. The van der Waals surface area contributed by atoms with Gasteiger partial charge in [-0.25, -0.2) is 5.43 Å². The molecule has 0 aliphatic carbocycles. The molecule has 0 unspecified atom stereocenters. The first kappa shape index (κ1) is 24.5. The minimum atomic E-state index is -0.520. The van der Waals surface area contributed by atoms with Crippen LogP contribution in [0.15, 0.2) is 77.9 Å². The van der Waals surface area contributed by atoms with Crippen LogP contribution in [0.1, 0.15) is 5.56 Å². The van der Waals surface area contributed by atoms with E-state index in [0.29, 0.717) is 17.0 Å². The zero-order valence-corrected chi connectivity index (χ0v) is 19.2. The van der Waals surface area contributed by atoms with Crippen LogP contribution in [0.25, 0.3) is 0 Å². The molecule has 4 aromatic rings. The lowest BCUT2D eigenvalue weighted by Crippen LogP contribution is -2.07. The number of benzene rings is 3. The number of hydrogen-bond acceptors (Lipinski definition) is 12. The maximum atomic E-state index is 11.1. The molecular weight excluding hydrogens is 482 g/mol. The summed E-state index contributed by atoms with van der Waals surface area (Å²) in [6.45, 7) is 0. The van der Waals surface area contributed by atoms with Crippen LogP contribution in [-0.2, 0) is 0 Å². The summed E-state index contributed by atoms with van der Waals surface area (Å²) in [7, 11) is 1.44. The fourth-order valence-corrected chi connectivity index (χ4v) is 3.08. The summed E-state index contributed by atoms with van der Waals surface area (Å²) in [6.07, 6.45) is 1.34. The van der Waals surface area contributed by atoms with Crippen molar-refractivity contribution in [3.63, 3.8) is 0 Å². The predicted molar refractivity (Wildman–Crippen MR) is 137 cm³/mol. The third-order valence-electron chi connectivity index (χ3n) is 4.79. The van der Waals surface area contributed by atoms with Crippen LogP contribution in [0, 0.1) is 20.2 Å². The lowest BCUT2D eigenvalue weighted by molar-refractivity contribution is -0.385. The molecule has 0 aliphatic heterocycles. The number of hydrazone groups is 1. The van der Waals surface area contributed by atoms with Gasteiger partial charge in [-0.05, 0) is 30.3 Å². The van der Waals surface area contributed by atoms with Gasteiger partial charge in [-0.15, -0.1) is 0 Å². The van der Waals surface area contributed by atoms with Gasteiger partial charge in [0, 0.05) is 41.2 Å². The molecule has 3 aromatic carbocycles. The van der Waals surface area contributed by atoms with E-state index in [-0.39, 0.29) is 29.2 Å². The Labute approximate surface area is 209 Å². The van der Waals surface area contributed by atoms with Gasteiger partial charge in [0.2, 0.25) is 17.8 Å². The molecule has 0 aliphatic rings. The van der Waals surface area contributed by atoms with Crippen LogP contribution >= 0.6 is 0 Å². The molecule has 0 saturated carbocycles. The highest BCUT2D eigenvalue weighted by atomic mass is 16.6. The van der Waals surface area contributed by atoms with Crippen LogP contribution in [0.4, 0.5) is 40.6 Å². The Balaban J connectivity index is 1.60. The second kappa shape index (κ2) is 11.2. The molecule has 4 rings (SSSR count). The molecule has 1 heterocycles. The molecule has 0 radical (unpaired) electrons. The van der Waals surface area contributed by atoms with Gasteiger partial charge in [0.05, 0.1) is 23.2 Å². The maximum absolute atomic E-state index is 11.1. The molecule has 186 valence electrons. The number of rotatable bonds is 10. The highest BCUT2D eigenvalue weighted by Gasteiger charge is 2.11. The third kappa shape index (κ3) is 6.48. The van der Waals surface area contributed by atoms with E-state index >= 15 is 0 Å². The van der Waals surface area contributed by atoms with Gasteiger partial charge in [0.25, 0.3) is 11.4 Å². The van der Waals surface area contributed by atoms with Crippen LogP contribution in [-0.4, -0.2) is 38.1 Å². The van der Waals surface area contributed by atoms with Crippen LogP contribution in [0.3, 0.4) is 0 Å². The van der Waals surface area contributed by atoms with Gasteiger partial charge >= 0.3 is 0 Å². The molecule has 1 aromatic heterocycles. The third-order valence-corrected chi connectivity index (χ3v) is 4.79. The summed E-state index contributed by atoms with van der Waals surface area (Å²) in [4.78, 5) is 33.9. The summed E-state index contributed by atoms with van der Waals surface area (Å²) in [6, 6.07) is 19.1. The van der Waals surface area contributed by atoms with E-state index in [1.54, 1.807) is 0 Å². The van der Waals surface area contributed by atoms with Gasteiger partial charge in [0.1, 0.15) is 5.75 Å². The number of non-ortho nitro benzene ring substituents is 2. The second-order valence-electron chi connectivity index (χ2n) is 7.28. The number of aromatic nitrogens is 3. The molecule has 14 nitrogen and oxygen atoms in total. The highest BCUT2D eigenvalue weighted by Crippen LogP contribution is 2.23. The Hall–Kier alpha value is -5.66. The molecule has 37 heavy (non-hydrogen) atoms. The van der Waals surface area contributed by atoms with E-state index in [0.717, 1.165) is 5.69 Å². The highest BCUT2D eigenvalue weighted by molar-refractivity contribution is 5.85. The lowest BCUT2D eigenvalue weighted by atomic mass is 10.2. The lowest BCUT2D eigenvalue weighted by Gasteiger charge is -2.10. The number of ether oxygens (including phenoxy) is 1. The average Bonchev–Trinajstić information content (AvgIpc) is 2.89. The average molecular weight is 501 g/mol. The SMILES string of the molecule is COc1ccc([N+](=O)[O-])cc1/C=N/Nc1nc(Nc2ccccc2)nc(Nc2ccc([N+](=O)[O-])cc2)n1. The number of nitro benzene ring substituents is 2. The molecule has 0 atom stereocenters. The van der Waals surface area contributed by atoms with E-state index in [1.807, 2.05) is 30.3 Å². The van der Waals surface area contributed by atoms with Crippen molar-refractivity contribution in [3.8, 4) is 5.75 Å².